The van der Waals surface area contributed by atoms with E-state index in [-0.39, 0.29) is 5.91 Å². The Bertz CT molecular complexity index is 562. The van der Waals surface area contributed by atoms with Crippen molar-refractivity contribution in [3.63, 3.8) is 0 Å². The molecule has 24 heavy (non-hydrogen) atoms. The Kier molecular flexibility index (Phi) is 5.26. The number of amides is 1. The monoisotopic (exact) mass is 330 g/mol. The molecule has 0 bridgehead atoms. The molecule has 132 valence electrons. The lowest BCUT2D eigenvalue weighted by atomic mass is 9.76. The van der Waals surface area contributed by atoms with Crippen molar-refractivity contribution in [2.45, 2.75) is 39.2 Å². The molecular weight excluding hydrogens is 300 g/mol. The summed E-state index contributed by atoms with van der Waals surface area (Å²) >= 11 is 0. The van der Waals surface area contributed by atoms with Crippen LogP contribution in [-0.2, 0) is 4.74 Å². The molecule has 2 aliphatic rings. The van der Waals surface area contributed by atoms with Crippen LogP contribution in [0.15, 0.2) is 24.3 Å². The molecule has 0 N–H and O–H groups in total. The van der Waals surface area contributed by atoms with Crippen LogP contribution >= 0.6 is 0 Å². The van der Waals surface area contributed by atoms with Crippen molar-refractivity contribution in [1.29, 1.82) is 0 Å². The Balaban J connectivity index is 1.54. The van der Waals surface area contributed by atoms with Gasteiger partial charge in [-0.05, 0) is 57.3 Å². The van der Waals surface area contributed by atoms with Gasteiger partial charge in [-0.2, -0.15) is 0 Å². The molecule has 1 aromatic carbocycles. The third kappa shape index (κ3) is 3.81. The number of piperidine rings is 1. The normalized spacial score (nSPS) is 23.2. The van der Waals surface area contributed by atoms with Crippen molar-refractivity contribution < 1.29 is 9.53 Å². The van der Waals surface area contributed by atoms with Gasteiger partial charge in [0.25, 0.3) is 5.91 Å². The lowest BCUT2D eigenvalue weighted by molar-refractivity contribution is 0.0463. The van der Waals surface area contributed by atoms with Gasteiger partial charge in [0.05, 0.1) is 12.7 Å². The van der Waals surface area contributed by atoms with Crippen LogP contribution in [0.1, 0.15) is 42.1 Å². The fourth-order valence-corrected chi connectivity index (χ4v) is 3.90. The Hall–Kier alpha value is -1.39. The fourth-order valence-electron chi connectivity index (χ4n) is 3.90. The molecule has 2 fully saturated rings. The summed E-state index contributed by atoms with van der Waals surface area (Å²) in [5.74, 6) is 0.172. The van der Waals surface area contributed by atoms with Crippen LogP contribution in [0.4, 0.5) is 0 Å². The van der Waals surface area contributed by atoms with Crippen LogP contribution in [0.3, 0.4) is 0 Å². The van der Waals surface area contributed by atoms with Gasteiger partial charge in [-0.1, -0.05) is 24.6 Å². The number of carbonyl (C=O) groups is 1. The molecule has 2 saturated heterocycles. The number of likely N-dealkylation sites (tertiary alicyclic amines) is 1. The summed E-state index contributed by atoms with van der Waals surface area (Å²) < 4.78 is 6.07. The third-order valence-electron chi connectivity index (χ3n) is 5.75. The quantitative estimate of drug-likeness (QED) is 0.851. The largest absolute Gasteiger partial charge is 0.376 e. The van der Waals surface area contributed by atoms with Gasteiger partial charge in [0.1, 0.15) is 0 Å². The van der Waals surface area contributed by atoms with Crippen LogP contribution in [0.2, 0.25) is 0 Å². The summed E-state index contributed by atoms with van der Waals surface area (Å²) in [6.45, 7) is 8.88. The molecule has 2 aliphatic heterocycles. The van der Waals surface area contributed by atoms with E-state index in [9.17, 15) is 4.79 Å². The molecule has 0 aromatic heterocycles. The molecular formula is C20H30N2O2. The van der Waals surface area contributed by atoms with Gasteiger partial charge in [0.15, 0.2) is 0 Å². The molecule has 1 spiro atoms. The Labute approximate surface area is 145 Å². The van der Waals surface area contributed by atoms with E-state index in [0.29, 0.717) is 11.5 Å². The van der Waals surface area contributed by atoms with Crippen LogP contribution < -0.4 is 0 Å². The number of hydrogen-bond donors (Lipinski definition) is 0. The molecule has 1 amide bonds. The van der Waals surface area contributed by atoms with E-state index < -0.39 is 0 Å². The minimum atomic E-state index is 0.172. The molecule has 4 heteroatoms. The van der Waals surface area contributed by atoms with E-state index in [2.05, 4.69) is 18.9 Å². The first-order chi connectivity index (χ1) is 11.5. The highest BCUT2D eigenvalue weighted by Crippen LogP contribution is 2.42. The topological polar surface area (TPSA) is 32.8 Å². The fraction of sp³-hybridized carbons (Fsp3) is 0.650. The highest BCUT2D eigenvalue weighted by molar-refractivity contribution is 5.94. The zero-order chi connectivity index (χ0) is 17.2. The van der Waals surface area contributed by atoms with Gasteiger partial charge in [-0.25, -0.2) is 0 Å². The number of hydrogen-bond acceptors (Lipinski definition) is 3. The van der Waals surface area contributed by atoms with Crippen molar-refractivity contribution in [3.05, 3.63) is 35.4 Å². The van der Waals surface area contributed by atoms with Crippen LogP contribution in [0, 0.1) is 12.3 Å². The molecule has 2 heterocycles. The van der Waals surface area contributed by atoms with Crippen molar-refractivity contribution in [3.8, 4) is 0 Å². The first kappa shape index (κ1) is 17.4. The second kappa shape index (κ2) is 7.24. The highest BCUT2D eigenvalue weighted by Gasteiger charge is 2.43. The second-order valence-corrected chi connectivity index (χ2v) is 7.65. The summed E-state index contributed by atoms with van der Waals surface area (Å²) in [4.78, 5) is 17.0. The maximum absolute atomic E-state index is 12.7. The van der Waals surface area contributed by atoms with Gasteiger partial charge in [0.2, 0.25) is 0 Å². The molecule has 4 nitrogen and oxygen atoms in total. The molecule has 0 saturated carbocycles. The summed E-state index contributed by atoms with van der Waals surface area (Å²) in [6.07, 6.45) is 3.63. The summed E-state index contributed by atoms with van der Waals surface area (Å²) in [5.41, 5.74) is 2.29. The lowest BCUT2D eigenvalue weighted by Gasteiger charge is -2.38. The first-order valence-electron chi connectivity index (χ1n) is 9.17. The minimum absolute atomic E-state index is 0.172. The van der Waals surface area contributed by atoms with E-state index in [0.717, 1.165) is 57.6 Å². The maximum Gasteiger partial charge on any atom is 0.253 e. The predicted molar refractivity (Wildman–Crippen MR) is 96.3 cm³/mol. The minimum Gasteiger partial charge on any atom is -0.376 e. The van der Waals surface area contributed by atoms with Gasteiger partial charge in [-0.3, -0.25) is 4.79 Å². The highest BCUT2D eigenvalue weighted by atomic mass is 16.5. The zero-order valence-electron chi connectivity index (χ0n) is 15.3. The first-order valence-corrected chi connectivity index (χ1v) is 9.17. The Morgan fingerprint density at radius 2 is 1.96 bits per heavy atom. The number of aryl methyl sites for hydroxylation is 1. The van der Waals surface area contributed by atoms with Crippen LogP contribution in [0.5, 0.6) is 0 Å². The van der Waals surface area contributed by atoms with Crippen molar-refractivity contribution in [2.75, 3.05) is 39.8 Å². The lowest BCUT2D eigenvalue weighted by Crippen LogP contribution is -2.43. The van der Waals surface area contributed by atoms with Gasteiger partial charge in [-0.15, -0.1) is 0 Å². The van der Waals surface area contributed by atoms with E-state index in [1.54, 1.807) is 0 Å². The molecule has 1 atom stereocenters. The van der Waals surface area contributed by atoms with Gasteiger partial charge in [0, 0.05) is 25.2 Å². The molecule has 0 unspecified atom stereocenters. The van der Waals surface area contributed by atoms with Crippen LogP contribution in [0.25, 0.3) is 0 Å². The summed E-state index contributed by atoms with van der Waals surface area (Å²) in [7, 11) is 2.15. The SMILES string of the molecule is CCN(C)C[C@H]1CC2(CCN(C(=O)c3ccc(C)cc3)CC2)CO1. The van der Waals surface area contributed by atoms with Gasteiger partial charge >= 0.3 is 0 Å². The summed E-state index contributed by atoms with van der Waals surface area (Å²) in [5, 5.41) is 0. The van der Waals surface area contributed by atoms with Crippen molar-refractivity contribution in [2.24, 2.45) is 5.41 Å². The molecule has 3 rings (SSSR count). The second-order valence-electron chi connectivity index (χ2n) is 7.65. The van der Waals surface area contributed by atoms with E-state index in [4.69, 9.17) is 4.74 Å². The van der Waals surface area contributed by atoms with Gasteiger partial charge < -0.3 is 14.5 Å². The Morgan fingerprint density at radius 1 is 1.29 bits per heavy atom. The van der Waals surface area contributed by atoms with E-state index in [1.165, 1.54) is 5.56 Å². The number of ether oxygens (including phenoxy) is 1. The summed E-state index contributed by atoms with van der Waals surface area (Å²) in [6, 6.07) is 7.91. The van der Waals surface area contributed by atoms with E-state index in [1.807, 2.05) is 36.1 Å². The molecule has 0 aliphatic carbocycles. The molecule has 1 aromatic rings. The number of carbonyl (C=O) groups excluding carboxylic acids is 1. The Morgan fingerprint density at radius 3 is 2.58 bits per heavy atom. The number of benzene rings is 1. The van der Waals surface area contributed by atoms with Crippen molar-refractivity contribution in [1.82, 2.24) is 9.80 Å². The zero-order valence-corrected chi connectivity index (χ0v) is 15.3. The number of rotatable bonds is 4. The number of likely N-dealkylation sites (N-methyl/N-ethyl adjacent to an activating group) is 1. The third-order valence-corrected chi connectivity index (χ3v) is 5.75. The predicted octanol–water partition coefficient (Wildman–Crippen LogP) is 2.96. The van der Waals surface area contributed by atoms with Crippen LogP contribution in [-0.4, -0.2) is 61.6 Å². The number of nitrogens with zero attached hydrogens (tertiary/aromatic N) is 2. The molecule has 0 radical (unpaired) electrons. The maximum atomic E-state index is 12.7. The van der Waals surface area contributed by atoms with E-state index >= 15 is 0 Å². The van der Waals surface area contributed by atoms with Crippen molar-refractivity contribution >= 4 is 5.91 Å². The average Bonchev–Trinajstić information content (AvgIpc) is 2.98. The standard InChI is InChI=1S/C20H30N2O2/c1-4-21(3)14-18-13-20(15-24-18)9-11-22(12-10-20)19(23)17-7-5-16(2)6-8-17/h5-8,18H,4,9-15H2,1-3H3/t18-/m1/s1. The average molecular weight is 330 g/mol. The smallest absolute Gasteiger partial charge is 0.253 e.